The fourth-order valence-corrected chi connectivity index (χ4v) is 3.81. The van der Waals surface area contributed by atoms with Crippen molar-refractivity contribution in [3.05, 3.63) is 32.6 Å². The molecule has 0 aromatic carbocycles. The number of terminal acetylenes is 1. The van der Waals surface area contributed by atoms with E-state index in [2.05, 4.69) is 5.92 Å². The SMILES string of the molecule is C#CCO[C@H]1C[C@H](n2cc(C(F)(F)F)c(=O)[nH]c2=O)O[C@@H]1COC(=S)SCCCC. The fourth-order valence-electron chi connectivity index (χ4n) is 2.74. The van der Waals surface area contributed by atoms with Crippen LogP contribution in [0.4, 0.5) is 13.2 Å². The van der Waals surface area contributed by atoms with Crippen LogP contribution in [0.2, 0.25) is 0 Å². The first-order chi connectivity index (χ1) is 14.2. The third-order valence-electron chi connectivity index (χ3n) is 4.23. The van der Waals surface area contributed by atoms with Gasteiger partial charge >= 0.3 is 11.9 Å². The Morgan fingerprint density at radius 2 is 2.23 bits per heavy atom. The molecule has 2 heterocycles. The van der Waals surface area contributed by atoms with Gasteiger partial charge in [0.25, 0.3) is 5.56 Å². The molecule has 0 radical (unpaired) electrons. The van der Waals surface area contributed by atoms with Crippen LogP contribution in [-0.2, 0) is 20.4 Å². The number of ether oxygens (including phenoxy) is 3. The summed E-state index contributed by atoms with van der Waals surface area (Å²) < 4.78 is 56.9. The molecule has 1 aliphatic rings. The van der Waals surface area contributed by atoms with Gasteiger partial charge in [0.15, 0.2) is 0 Å². The third-order valence-corrected chi connectivity index (χ3v) is 5.55. The van der Waals surface area contributed by atoms with Gasteiger partial charge < -0.3 is 14.2 Å². The van der Waals surface area contributed by atoms with Gasteiger partial charge in [-0.2, -0.15) is 13.2 Å². The second-order valence-electron chi connectivity index (χ2n) is 6.39. The fraction of sp³-hybridized carbons (Fsp3) is 0.611. The van der Waals surface area contributed by atoms with Crippen LogP contribution < -0.4 is 11.2 Å². The molecule has 1 aliphatic heterocycles. The lowest BCUT2D eigenvalue weighted by atomic mass is 10.2. The number of thiocarbonyl (C=S) groups is 1. The minimum atomic E-state index is -4.93. The van der Waals surface area contributed by atoms with Gasteiger partial charge in [0.2, 0.25) is 4.38 Å². The molecule has 166 valence electrons. The standard InChI is InChI=1S/C18H21F3N2O5S2/c1-3-5-7-30-17(29)27-10-13-12(26-6-4-2)8-14(28-13)23-9-11(18(19,20)21)15(24)22-16(23)25/h2,9,12-14H,3,5-8,10H2,1H3,(H,22,24,25)/t12-,13+,14+/m0/s1. The summed E-state index contributed by atoms with van der Waals surface area (Å²) in [5, 5.41) is 0. The monoisotopic (exact) mass is 466 g/mol. The van der Waals surface area contributed by atoms with Crippen molar-refractivity contribution >= 4 is 28.4 Å². The quantitative estimate of drug-likeness (QED) is 0.358. The lowest BCUT2D eigenvalue weighted by molar-refractivity contribution is -0.139. The highest BCUT2D eigenvalue weighted by Gasteiger charge is 2.40. The van der Waals surface area contributed by atoms with Crippen molar-refractivity contribution in [3.8, 4) is 12.3 Å². The Balaban J connectivity index is 2.15. The molecule has 3 atom stereocenters. The summed E-state index contributed by atoms with van der Waals surface area (Å²) in [5.41, 5.74) is -4.04. The Bertz CT molecular complexity index is 894. The van der Waals surface area contributed by atoms with Gasteiger partial charge in [-0.05, 0) is 18.6 Å². The van der Waals surface area contributed by atoms with Crippen LogP contribution in [0.15, 0.2) is 15.8 Å². The number of thioether (sulfide) groups is 1. The average molecular weight is 467 g/mol. The molecular weight excluding hydrogens is 445 g/mol. The topological polar surface area (TPSA) is 82.6 Å². The summed E-state index contributed by atoms with van der Waals surface area (Å²) in [5.74, 6) is 3.10. The Labute approximate surface area is 180 Å². The van der Waals surface area contributed by atoms with Crippen LogP contribution in [0.1, 0.15) is 38.0 Å². The van der Waals surface area contributed by atoms with E-state index < -0.39 is 41.4 Å². The van der Waals surface area contributed by atoms with Crippen molar-refractivity contribution in [1.29, 1.82) is 0 Å². The summed E-state index contributed by atoms with van der Waals surface area (Å²) in [6, 6.07) is 0. The molecule has 0 spiro atoms. The van der Waals surface area contributed by atoms with E-state index in [0.717, 1.165) is 18.6 Å². The van der Waals surface area contributed by atoms with E-state index in [1.165, 1.54) is 11.8 Å². The van der Waals surface area contributed by atoms with Gasteiger partial charge in [0.05, 0.1) is 6.10 Å². The van der Waals surface area contributed by atoms with Crippen LogP contribution in [0.25, 0.3) is 0 Å². The van der Waals surface area contributed by atoms with Crippen molar-refractivity contribution in [3.63, 3.8) is 0 Å². The molecule has 12 heteroatoms. The number of nitrogens with zero attached hydrogens (tertiary/aromatic N) is 1. The van der Waals surface area contributed by atoms with Crippen LogP contribution >= 0.6 is 24.0 Å². The number of hydrogen-bond acceptors (Lipinski definition) is 7. The summed E-state index contributed by atoms with van der Waals surface area (Å²) in [6.45, 7) is 1.97. The predicted octanol–water partition coefficient (Wildman–Crippen LogP) is 2.70. The molecule has 1 N–H and O–H groups in total. The Kier molecular flexibility index (Phi) is 8.96. The third kappa shape index (κ3) is 6.60. The normalized spacial score (nSPS) is 21.4. The number of aromatic amines is 1. The molecule has 2 rings (SSSR count). The van der Waals surface area contributed by atoms with Gasteiger partial charge in [0.1, 0.15) is 31.1 Å². The Morgan fingerprint density at radius 1 is 1.50 bits per heavy atom. The van der Waals surface area contributed by atoms with Crippen molar-refractivity contribution in [2.45, 2.75) is 50.8 Å². The minimum Gasteiger partial charge on any atom is -0.476 e. The van der Waals surface area contributed by atoms with E-state index in [1.54, 1.807) is 4.98 Å². The van der Waals surface area contributed by atoms with E-state index in [1.807, 2.05) is 6.92 Å². The number of halogens is 3. The van der Waals surface area contributed by atoms with Gasteiger partial charge in [0, 0.05) is 18.4 Å². The highest BCUT2D eigenvalue weighted by molar-refractivity contribution is 8.22. The molecular formula is C18H21F3N2O5S2. The van der Waals surface area contributed by atoms with E-state index in [9.17, 15) is 22.8 Å². The van der Waals surface area contributed by atoms with Gasteiger partial charge in [-0.3, -0.25) is 14.3 Å². The summed E-state index contributed by atoms with van der Waals surface area (Å²) >= 11 is 6.51. The molecule has 0 amide bonds. The van der Waals surface area contributed by atoms with Crippen LogP contribution in [0.5, 0.6) is 0 Å². The Hall–Kier alpha value is -1.81. The van der Waals surface area contributed by atoms with E-state index in [-0.39, 0.29) is 19.6 Å². The molecule has 7 nitrogen and oxygen atoms in total. The Morgan fingerprint density at radius 3 is 2.87 bits per heavy atom. The molecule has 1 saturated heterocycles. The number of aromatic nitrogens is 2. The summed E-state index contributed by atoms with van der Waals surface area (Å²) in [4.78, 5) is 25.2. The highest BCUT2D eigenvalue weighted by Crippen LogP contribution is 2.32. The number of rotatable bonds is 8. The van der Waals surface area contributed by atoms with Crippen LogP contribution in [-0.4, -0.2) is 45.1 Å². The van der Waals surface area contributed by atoms with E-state index in [4.69, 9.17) is 32.9 Å². The number of H-pyrrole nitrogens is 1. The molecule has 0 saturated carbocycles. The maximum Gasteiger partial charge on any atom is 0.423 e. The number of unbranched alkanes of at least 4 members (excludes halogenated alkanes) is 1. The minimum absolute atomic E-state index is 0.0199. The first kappa shape index (κ1) is 24.5. The van der Waals surface area contributed by atoms with Crippen LogP contribution in [0, 0.1) is 12.3 Å². The van der Waals surface area contributed by atoms with Crippen molar-refractivity contribution in [1.82, 2.24) is 9.55 Å². The zero-order valence-electron chi connectivity index (χ0n) is 16.1. The number of hydrogen-bond donors (Lipinski definition) is 1. The summed E-state index contributed by atoms with van der Waals surface area (Å²) in [6.07, 6.45) is 0.284. The van der Waals surface area contributed by atoms with Crippen molar-refractivity contribution in [2.75, 3.05) is 19.0 Å². The van der Waals surface area contributed by atoms with E-state index in [0.29, 0.717) is 15.1 Å². The largest absolute Gasteiger partial charge is 0.476 e. The smallest absolute Gasteiger partial charge is 0.423 e. The highest BCUT2D eigenvalue weighted by atomic mass is 32.2. The van der Waals surface area contributed by atoms with Crippen molar-refractivity contribution in [2.24, 2.45) is 0 Å². The lowest BCUT2D eigenvalue weighted by Gasteiger charge is -2.19. The van der Waals surface area contributed by atoms with Crippen LogP contribution in [0.3, 0.4) is 0 Å². The lowest BCUT2D eigenvalue weighted by Crippen LogP contribution is -2.36. The maximum absolute atomic E-state index is 13.0. The second-order valence-corrected chi connectivity index (χ2v) is 8.09. The number of alkyl halides is 3. The zero-order valence-corrected chi connectivity index (χ0v) is 17.7. The molecule has 1 aromatic rings. The summed E-state index contributed by atoms with van der Waals surface area (Å²) in [7, 11) is 0. The van der Waals surface area contributed by atoms with Gasteiger partial charge in [-0.1, -0.05) is 31.0 Å². The average Bonchev–Trinajstić information content (AvgIpc) is 3.06. The molecule has 30 heavy (non-hydrogen) atoms. The molecule has 0 aliphatic carbocycles. The zero-order chi connectivity index (χ0) is 22.3. The molecule has 1 aromatic heterocycles. The molecule has 0 unspecified atom stereocenters. The van der Waals surface area contributed by atoms with Gasteiger partial charge in [-0.25, -0.2) is 4.79 Å². The molecule has 0 bridgehead atoms. The van der Waals surface area contributed by atoms with E-state index >= 15 is 0 Å². The first-order valence-corrected chi connectivity index (χ1v) is 10.5. The predicted molar refractivity (Wildman–Crippen MR) is 109 cm³/mol. The first-order valence-electron chi connectivity index (χ1n) is 9.10. The van der Waals surface area contributed by atoms with Gasteiger partial charge in [-0.15, -0.1) is 6.42 Å². The van der Waals surface area contributed by atoms with Crippen molar-refractivity contribution < 1.29 is 27.4 Å². The second kappa shape index (κ2) is 11.0. The number of nitrogens with one attached hydrogen (secondary N) is 1. The molecule has 1 fully saturated rings. The maximum atomic E-state index is 13.0.